The number of nitrogens with one attached hydrogen (secondary N) is 1. The van der Waals surface area contributed by atoms with E-state index < -0.39 is 12.1 Å². The van der Waals surface area contributed by atoms with E-state index in [4.69, 9.17) is 0 Å². The van der Waals surface area contributed by atoms with Crippen molar-refractivity contribution in [1.82, 2.24) is 5.32 Å². The Morgan fingerprint density at radius 3 is 2.27 bits per heavy atom. The van der Waals surface area contributed by atoms with E-state index in [0.717, 1.165) is 0 Å². The van der Waals surface area contributed by atoms with Crippen LogP contribution in [-0.4, -0.2) is 19.8 Å². The largest absolute Gasteiger partial charge is 0.391 e. The molecule has 0 radical (unpaired) electrons. The van der Waals surface area contributed by atoms with Crippen LogP contribution in [0.5, 0.6) is 0 Å². The van der Waals surface area contributed by atoms with Crippen LogP contribution >= 0.6 is 0 Å². The molecule has 0 rings (SSSR count). The Morgan fingerprint density at radius 1 is 1.36 bits per heavy atom. The number of rotatable bonds is 4. The molecule has 1 unspecified atom stereocenters. The molecule has 0 saturated carbocycles. The molecule has 1 N–H and O–H groups in total. The van der Waals surface area contributed by atoms with Crippen molar-refractivity contribution < 1.29 is 13.2 Å². The Hall–Kier alpha value is -0.250. The maximum absolute atomic E-state index is 11.9. The summed E-state index contributed by atoms with van der Waals surface area (Å²) in [5.41, 5.74) is 0. The molecule has 0 aliphatic rings. The number of hydrogen-bond donors (Lipinski definition) is 1. The molecular weight excluding hydrogens is 155 g/mol. The van der Waals surface area contributed by atoms with Gasteiger partial charge in [0.2, 0.25) is 0 Å². The molecular formula is C7H14F3N. The van der Waals surface area contributed by atoms with Crippen LogP contribution in [0.3, 0.4) is 0 Å². The van der Waals surface area contributed by atoms with E-state index in [1.165, 1.54) is 6.92 Å². The zero-order valence-electron chi connectivity index (χ0n) is 6.83. The van der Waals surface area contributed by atoms with Crippen LogP contribution in [-0.2, 0) is 0 Å². The molecule has 4 heteroatoms. The third kappa shape index (κ3) is 5.07. The van der Waals surface area contributed by atoms with Gasteiger partial charge in [-0.05, 0) is 26.4 Å². The highest BCUT2D eigenvalue weighted by Crippen LogP contribution is 2.28. The fraction of sp³-hybridized carbons (Fsp3) is 1.00. The van der Waals surface area contributed by atoms with Crippen molar-refractivity contribution in [2.45, 2.75) is 25.9 Å². The van der Waals surface area contributed by atoms with Crippen molar-refractivity contribution >= 4 is 0 Å². The van der Waals surface area contributed by atoms with Gasteiger partial charge in [0.05, 0.1) is 5.92 Å². The first-order chi connectivity index (χ1) is 4.98. The van der Waals surface area contributed by atoms with E-state index in [1.54, 1.807) is 7.05 Å². The van der Waals surface area contributed by atoms with Crippen molar-refractivity contribution in [3.05, 3.63) is 0 Å². The van der Waals surface area contributed by atoms with Crippen LogP contribution in [0.4, 0.5) is 13.2 Å². The van der Waals surface area contributed by atoms with E-state index in [2.05, 4.69) is 5.32 Å². The predicted octanol–water partition coefficient (Wildman–Crippen LogP) is 2.18. The van der Waals surface area contributed by atoms with Crippen LogP contribution in [0.1, 0.15) is 19.8 Å². The van der Waals surface area contributed by atoms with Gasteiger partial charge >= 0.3 is 6.18 Å². The van der Waals surface area contributed by atoms with Gasteiger partial charge in [-0.1, -0.05) is 6.92 Å². The van der Waals surface area contributed by atoms with E-state index in [1.807, 2.05) is 0 Å². The summed E-state index contributed by atoms with van der Waals surface area (Å²) in [5.74, 6) is -1.17. The van der Waals surface area contributed by atoms with E-state index in [9.17, 15) is 13.2 Å². The maximum Gasteiger partial charge on any atom is 0.391 e. The van der Waals surface area contributed by atoms with E-state index in [-0.39, 0.29) is 6.42 Å². The second kappa shape index (κ2) is 4.59. The van der Waals surface area contributed by atoms with Gasteiger partial charge in [0.1, 0.15) is 0 Å². The molecule has 0 aromatic carbocycles. The molecule has 11 heavy (non-hydrogen) atoms. The first-order valence-electron chi connectivity index (χ1n) is 3.69. The molecule has 0 heterocycles. The van der Waals surface area contributed by atoms with Gasteiger partial charge in [-0.2, -0.15) is 13.2 Å². The summed E-state index contributed by atoms with van der Waals surface area (Å²) in [6.07, 6.45) is -3.23. The van der Waals surface area contributed by atoms with Crippen LogP contribution in [0.15, 0.2) is 0 Å². The monoisotopic (exact) mass is 169 g/mol. The Morgan fingerprint density at radius 2 is 1.91 bits per heavy atom. The normalized spacial score (nSPS) is 15.0. The summed E-state index contributed by atoms with van der Waals surface area (Å²) in [5, 5.41) is 2.81. The lowest BCUT2D eigenvalue weighted by atomic mass is 10.1. The average molecular weight is 169 g/mol. The fourth-order valence-corrected chi connectivity index (χ4v) is 0.749. The van der Waals surface area contributed by atoms with Crippen LogP contribution in [0, 0.1) is 5.92 Å². The summed E-state index contributed by atoms with van der Waals surface area (Å²) in [7, 11) is 1.73. The second-order valence-corrected chi connectivity index (χ2v) is 2.69. The summed E-state index contributed by atoms with van der Waals surface area (Å²) in [4.78, 5) is 0. The van der Waals surface area contributed by atoms with Crippen molar-refractivity contribution in [2.24, 2.45) is 5.92 Å². The lowest BCUT2D eigenvalue weighted by Crippen LogP contribution is -2.21. The van der Waals surface area contributed by atoms with Gasteiger partial charge in [-0.15, -0.1) is 0 Å². The number of halogens is 3. The average Bonchev–Trinajstić information content (AvgIpc) is 1.86. The zero-order chi connectivity index (χ0) is 8.91. The van der Waals surface area contributed by atoms with Gasteiger partial charge in [0.25, 0.3) is 0 Å². The highest BCUT2D eigenvalue weighted by atomic mass is 19.4. The minimum atomic E-state index is -4.02. The molecule has 0 amide bonds. The highest BCUT2D eigenvalue weighted by Gasteiger charge is 2.34. The molecule has 0 spiro atoms. The quantitative estimate of drug-likeness (QED) is 0.636. The van der Waals surface area contributed by atoms with Gasteiger partial charge in [0, 0.05) is 0 Å². The molecule has 0 aliphatic heterocycles. The Kier molecular flexibility index (Phi) is 4.49. The molecule has 68 valence electrons. The van der Waals surface area contributed by atoms with E-state index in [0.29, 0.717) is 13.0 Å². The maximum atomic E-state index is 11.9. The van der Waals surface area contributed by atoms with Gasteiger partial charge in [-0.25, -0.2) is 0 Å². The van der Waals surface area contributed by atoms with Crippen LogP contribution < -0.4 is 5.32 Å². The first kappa shape index (κ1) is 10.8. The molecule has 1 atom stereocenters. The van der Waals surface area contributed by atoms with E-state index >= 15 is 0 Å². The molecule has 0 bridgehead atoms. The Balaban J connectivity index is 3.44. The third-order valence-corrected chi connectivity index (χ3v) is 1.62. The number of alkyl halides is 3. The van der Waals surface area contributed by atoms with Crippen molar-refractivity contribution in [3.63, 3.8) is 0 Å². The standard InChI is InChI=1S/C7H14F3N/c1-6(7(8,9)10)4-3-5-11-2/h6,11H,3-5H2,1-2H3. The SMILES string of the molecule is CNCCCC(C)C(F)(F)F. The molecule has 0 saturated heterocycles. The molecule has 1 nitrogen and oxygen atoms in total. The van der Waals surface area contributed by atoms with Gasteiger partial charge in [-0.3, -0.25) is 0 Å². The molecule has 0 aromatic rings. The zero-order valence-corrected chi connectivity index (χ0v) is 6.83. The van der Waals surface area contributed by atoms with Crippen molar-refractivity contribution in [3.8, 4) is 0 Å². The van der Waals surface area contributed by atoms with Crippen molar-refractivity contribution in [1.29, 1.82) is 0 Å². The summed E-state index contributed by atoms with van der Waals surface area (Å²) >= 11 is 0. The first-order valence-corrected chi connectivity index (χ1v) is 3.69. The number of hydrogen-bond acceptors (Lipinski definition) is 1. The lowest BCUT2D eigenvalue weighted by Gasteiger charge is -2.14. The second-order valence-electron chi connectivity index (χ2n) is 2.69. The topological polar surface area (TPSA) is 12.0 Å². The van der Waals surface area contributed by atoms with Crippen LogP contribution in [0.2, 0.25) is 0 Å². The predicted molar refractivity (Wildman–Crippen MR) is 38.4 cm³/mol. The summed E-state index contributed by atoms with van der Waals surface area (Å²) in [6.45, 7) is 1.87. The minimum Gasteiger partial charge on any atom is -0.320 e. The van der Waals surface area contributed by atoms with Crippen molar-refractivity contribution in [2.75, 3.05) is 13.6 Å². The summed E-state index contributed by atoms with van der Waals surface area (Å²) < 4.78 is 35.6. The minimum absolute atomic E-state index is 0.213. The van der Waals surface area contributed by atoms with Gasteiger partial charge < -0.3 is 5.32 Å². The lowest BCUT2D eigenvalue weighted by molar-refractivity contribution is -0.171. The molecule has 0 fully saturated rings. The fourth-order valence-electron chi connectivity index (χ4n) is 0.749. The highest BCUT2D eigenvalue weighted by molar-refractivity contribution is 4.62. The third-order valence-electron chi connectivity index (χ3n) is 1.62. The Bertz CT molecular complexity index is 100. The Labute approximate surface area is 65.0 Å². The smallest absolute Gasteiger partial charge is 0.320 e. The summed E-state index contributed by atoms with van der Waals surface area (Å²) in [6, 6.07) is 0. The molecule has 0 aliphatic carbocycles. The molecule has 0 aromatic heterocycles. The van der Waals surface area contributed by atoms with Crippen LogP contribution in [0.25, 0.3) is 0 Å². The van der Waals surface area contributed by atoms with Gasteiger partial charge in [0.15, 0.2) is 0 Å².